The molecule has 0 radical (unpaired) electrons. The second-order valence-corrected chi connectivity index (χ2v) is 4.55. The van der Waals surface area contributed by atoms with Crippen molar-refractivity contribution in [3.63, 3.8) is 0 Å². The Hall–Kier alpha value is -1.09. The highest BCUT2D eigenvalue weighted by molar-refractivity contribution is 5.22. The van der Waals surface area contributed by atoms with Crippen molar-refractivity contribution in [2.75, 3.05) is 6.61 Å². The van der Waals surface area contributed by atoms with Gasteiger partial charge < -0.3 is 10.5 Å². The highest BCUT2D eigenvalue weighted by atomic mass is 19.1. The monoisotopic (exact) mass is 223 g/mol. The molecule has 2 N–H and O–H groups in total. The topological polar surface area (TPSA) is 35.2 Å². The van der Waals surface area contributed by atoms with Crippen molar-refractivity contribution in [2.45, 2.75) is 31.7 Å². The zero-order valence-electron chi connectivity index (χ0n) is 9.36. The second-order valence-electron chi connectivity index (χ2n) is 4.55. The Balaban J connectivity index is 1.77. The van der Waals surface area contributed by atoms with Crippen LogP contribution in [0.15, 0.2) is 24.3 Å². The van der Waals surface area contributed by atoms with Crippen molar-refractivity contribution in [3.8, 4) is 5.75 Å². The van der Waals surface area contributed by atoms with Gasteiger partial charge >= 0.3 is 0 Å². The van der Waals surface area contributed by atoms with Crippen LogP contribution in [0.5, 0.6) is 5.75 Å². The molecule has 2 nitrogen and oxygen atoms in total. The predicted molar refractivity (Wildman–Crippen MR) is 61.8 cm³/mol. The first-order valence-corrected chi connectivity index (χ1v) is 5.88. The average molecular weight is 223 g/mol. The largest absolute Gasteiger partial charge is 0.493 e. The highest BCUT2D eigenvalue weighted by Gasteiger charge is 2.18. The molecule has 0 heterocycles. The van der Waals surface area contributed by atoms with Gasteiger partial charge in [-0.25, -0.2) is 4.39 Å². The molecule has 1 aromatic carbocycles. The van der Waals surface area contributed by atoms with Crippen molar-refractivity contribution < 1.29 is 9.13 Å². The van der Waals surface area contributed by atoms with Gasteiger partial charge in [-0.15, -0.1) is 0 Å². The van der Waals surface area contributed by atoms with Gasteiger partial charge in [0.25, 0.3) is 0 Å². The summed E-state index contributed by atoms with van der Waals surface area (Å²) in [6.07, 6.45) is 4.47. The minimum absolute atomic E-state index is 0.226. The van der Waals surface area contributed by atoms with Gasteiger partial charge in [0.15, 0.2) is 0 Å². The zero-order chi connectivity index (χ0) is 11.4. The maximum Gasteiger partial charge on any atom is 0.123 e. The van der Waals surface area contributed by atoms with Gasteiger partial charge in [-0.3, -0.25) is 0 Å². The number of benzene rings is 1. The Morgan fingerprint density at radius 1 is 1.12 bits per heavy atom. The van der Waals surface area contributed by atoms with Crippen molar-refractivity contribution in [3.05, 3.63) is 30.1 Å². The van der Waals surface area contributed by atoms with Gasteiger partial charge in [-0.2, -0.15) is 0 Å². The van der Waals surface area contributed by atoms with Crippen LogP contribution in [0.2, 0.25) is 0 Å². The molecule has 0 saturated heterocycles. The molecule has 1 fully saturated rings. The third-order valence-electron chi connectivity index (χ3n) is 3.19. The van der Waals surface area contributed by atoms with Crippen molar-refractivity contribution in [2.24, 2.45) is 11.7 Å². The van der Waals surface area contributed by atoms with E-state index in [0.717, 1.165) is 38.0 Å². The van der Waals surface area contributed by atoms with E-state index in [2.05, 4.69) is 0 Å². The highest BCUT2D eigenvalue weighted by Crippen LogP contribution is 2.24. The summed E-state index contributed by atoms with van der Waals surface area (Å²) in [6.45, 7) is 0.721. The quantitative estimate of drug-likeness (QED) is 0.855. The van der Waals surface area contributed by atoms with Gasteiger partial charge in [0.05, 0.1) is 6.61 Å². The van der Waals surface area contributed by atoms with Crippen molar-refractivity contribution >= 4 is 0 Å². The number of hydrogen-bond acceptors (Lipinski definition) is 2. The summed E-state index contributed by atoms with van der Waals surface area (Å²) in [5.74, 6) is 1.12. The Morgan fingerprint density at radius 2 is 1.75 bits per heavy atom. The summed E-state index contributed by atoms with van der Waals surface area (Å²) in [5, 5.41) is 0. The van der Waals surface area contributed by atoms with E-state index in [-0.39, 0.29) is 5.82 Å². The molecule has 0 aliphatic heterocycles. The Kier molecular flexibility index (Phi) is 3.78. The molecule has 0 spiro atoms. The molecule has 0 unspecified atom stereocenters. The van der Waals surface area contributed by atoms with Crippen LogP contribution in [0.4, 0.5) is 4.39 Å². The lowest BCUT2D eigenvalue weighted by Gasteiger charge is -2.25. The van der Waals surface area contributed by atoms with E-state index < -0.39 is 0 Å². The lowest BCUT2D eigenvalue weighted by molar-refractivity contribution is 0.200. The zero-order valence-corrected chi connectivity index (χ0v) is 9.36. The van der Waals surface area contributed by atoms with Crippen LogP contribution in [0, 0.1) is 11.7 Å². The Morgan fingerprint density at radius 3 is 2.38 bits per heavy atom. The van der Waals surface area contributed by atoms with Crippen LogP contribution in [0.1, 0.15) is 25.7 Å². The average Bonchev–Trinajstić information content (AvgIpc) is 2.30. The summed E-state index contributed by atoms with van der Waals surface area (Å²) in [4.78, 5) is 0. The Bertz CT molecular complexity index is 317. The SMILES string of the molecule is NC1CCC(COc2ccc(F)cc2)CC1. The molecule has 2 rings (SSSR count). The number of hydrogen-bond donors (Lipinski definition) is 1. The second kappa shape index (κ2) is 5.30. The smallest absolute Gasteiger partial charge is 0.123 e. The minimum Gasteiger partial charge on any atom is -0.493 e. The molecule has 0 bridgehead atoms. The number of halogens is 1. The van der Waals surface area contributed by atoms with E-state index in [0.29, 0.717) is 12.0 Å². The van der Waals surface area contributed by atoms with Gasteiger partial charge in [-0.05, 0) is 55.9 Å². The van der Waals surface area contributed by atoms with Gasteiger partial charge in [0, 0.05) is 6.04 Å². The fourth-order valence-corrected chi connectivity index (χ4v) is 2.10. The molecular formula is C13H18FNO. The maximum atomic E-state index is 12.7. The van der Waals surface area contributed by atoms with Gasteiger partial charge in [-0.1, -0.05) is 0 Å². The van der Waals surface area contributed by atoms with E-state index in [1.165, 1.54) is 12.1 Å². The summed E-state index contributed by atoms with van der Waals surface area (Å²) >= 11 is 0. The third kappa shape index (κ3) is 3.20. The third-order valence-corrected chi connectivity index (χ3v) is 3.19. The molecule has 88 valence electrons. The van der Waals surface area contributed by atoms with Gasteiger partial charge in [0.1, 0.15) is 11.6 Å². The summed E-state index contributed by atoms with van der Waals surface area (Å²) in [6, 6.07) is 6.56. The molecule has 1 aliphatic rings. The summed E-state index contributed by atoms with van der Waals surface area (Å²) < 4.78 is 18.3. The first-order chi connectivity index (χ1) is 7.74. The van der Waals surface area contributed by atoms with E-state index >= 15 is 0 Å². The number of nitrogens with two attached hydrogens (primary N) is 1. The molecule has 3 heteroatoms. The molecule has 1 aliphatic carbocycles. The van der Waals surface area contributed by atoms with Crippen LogP contribution in [-0.2, 0) is 0 Å². The first-order valence-electron chi connectivity index (χ1n) is 5.88. The molecule has 16 heavy (non-hydrogen) atoms. The van der Waals surface area contributed by atoms with Crippen LogP contribution in [-0.4, -0.2) is 12.6 Å². The molecule has 0 amide bonds. The first kappa shape index (κ1) is 11.4. The van der Waals surface area contributed by atoms with E-state index in [1.54, 1.807) is 12.1 Å². The molecular weight excluding hydrogens is 205 g/mol. The standard InChI is InChI=1S/C13H18FNO/c14-11-3-7-13(8-4-11)16-9-10-1-5-12(15)6-2-10/h3-4,7-8,10,12H,1-2,5-6,9,15H2. The molecule has 1 saturated carbocycles. The molecule has 0 aromatic heterocycles. The summed E-state index contributed by atoms with van der Waals surface area (Å²) in [7, 11) is 0. The fourth-order valence-electron chi connectivity index (χ4n) is 2.10. The number of ether oxygens (including phenoxy) is 1. The van der Waals surface area contributed by atoms with Crippen molar-refractivity contribution in [1.82, 2.24) is 0 Å². The maximum absolute atomic E-state index is 12.7. The normalized spacial score (nSPS) is 25.4. The fraction of sp³-hybridized carbons (Fsp3) is 0.538. The van der Waals surface area contributed by atoms with Crippen LogP contribution < -0.4 is 10.5 Å². The van der Waals surface area contributed by atoms with E-state index in [4.69, 9.17) is 10.5 Å². The number of rotatable bonds is 3. The van der Waals surface area contributed by atoms with Crippen LogP contribution >= 0.6 is 0 Å². The van der Waals surface area contributed by atoms with Gasteiger partial charge in [0.2, 0.25) is 0 Å². The predicted octanol–water partition coefficient (Wildman–Crippen LogP) is 2.72. The van der Waals surface area contributed by atoms with Crippen LogP contribution in [0.25, 0.3) is 0 Å². The molecule has 0 atom stereocenters. The lowest BCUT2D eigenvalue weighted by atomic mass is 9.87. The van der Waals surface area contributed by atoms with E-state index in [9.17, 15) is 4.39 Å². The van der Waals surface area contributed by atoms with E-state index in [1.807, 2.05) is 0 Å². The lowest BCUT2D eigenvalue weighted by Crippen LogP contribution is -2.28. The summed E-state index contributed by atoms with van der Waals surface area (Å²) in [5.41, 5.74) is 5.84. The van der Waals surface area contributed by atoms with Crippen LogP contribution in [0.3, 0.4) is 0 Å². The van der Waals surface area contributed by atoms with Crippen molar-refractivity contribution in [1.29, 1.82) is 0 Å². The molecule has 1 aromatic rings. The minimum atomic E-state index is -0.226. The Labute approximate surface area is 95.6 Å².